The molecule has 4 nitrogen and oxygen atoms in total. The molecule has 0 unspecified atom stereocenters. The molecule has 0 amide bonds. The van der Waals surface area contributed by atoms with Crippen molar-refractivity contribution in [2.45, 2.75) is 13.3 Å². The van der Waals surface area contributed by atoms with E-state index < -0.39 is 17.3 Å². The summed E-state index contributed by atoms with van der Waals surface area (Å²) in [5, 5.41) is 8.72. The molecule has 0 aliphatic rings. The standard InChI is InChI=1S/C12H10FNO3S/c1-8(15)18-5-3-2-4-9-6-10(12(16)17)11(13)7-14-9/h6-7H,3,5H2,1H3,(H,16,17). The number of aromatic nitrogens is 1. The van der Waals surface area contributed by atoms with Gasteiger partial charge in [-0.25, -0.2) is 14.2 Å². The number of rotatable bonds is 3. The first-order valence-corrected chi connectivity index (χ1v) is 6.00. The zero-order chi connectivity index (χ0) is 13.5. The summed E-state index contributed by atoms with van der Waals surface area (Å²) in [6.45, 7) is 1.47. The molecular weight excluding hydrogens is 257 g/mol. The van der Waals surface area contributed by atoms with Crippen LogP contribution < -0.4 is 0 Å². The van der Waals surface area contributed by atoms with E-state index in [4.69, 9.17) is 5.11 Å². The Labute approximate surface area is 108 Å². The summed E-state index contributed by atoms with van der Waals surface area (Å²) < 4.78 is 13.0. The Morgan fingerprint density at radius 1 is 1.56 bits per heavy atom. The van der Waals surface area contributed by atoms with Crippen LogP contribution in [-0.2, 0) is 4.79 Å². The second kappa shape index (κ2) is 6.77. The van der Waals surface area contributed by atoms with Gasteiger partial charge in [-0.15, -0.1) is 0 Å². The second-order valence-electron chi connectivity index (χ2n) is 3.25. The lowest BCUT2D eigenvalue weighted by Gasteiger charge is -1.96. The molecule has 0 aromatic carbocycles. The van der Waals surface area contributed by atoms with Crippen molar-refractivity contribution in [2.24, 2.45) is 0 Å². The summed E-state index contributed by atoms with van der Waals surface area (Å²) in [5.74, 6) is 3.69. The Morgan fingerprint density at radius 3 is 2.89 bits per heavy atom. The number of carbonyl (C=O) groups is 2. The molecule has 1 N–H and O–H groups in total. The van der Waals surface area contributed by atoms with Gasteiger partial charge in [0.1, 0.15) is 5.69 Å². The Balaban J connectivity index is 2.68. The normalized spacial score (nSPS) is 9.44. The minimum Gasteiger partial charge on any atom is -0.478 e. The molecule has 0 saturated heterocycles. The van der Waals surface area contributed by atoms with Crippen LogP contribution in [0.25, 0.3) is 0 Å². The van der Waals surface area contributed by atoms with Gasteiger partial charge in [0.15, 0.2) is 10.9 Å². The van der Waals surface area contributed by atoms with Crippen LogP contribution in [-0.4, -0.2) is 26.9 Å². The van der Waals surface area contributed by atoms with E-state index in [1.54, 1.807) is 0 Å². The predicted octanol–water partition coefficient (Wildman–Crippen LogP) is 1.94. The van der Waals surface area contributed by atoms with Crippen molar-refractivity contribution < 1.29 is 19.1 Å². The van der Waals surface area contributed by atoms with Gasteiger partial charge in [0.2, 0.25) is 0 Å². The van der Waals surface area contributed by atoms with Crippen molar-refractivity contribution in [3.8, 4) is 11.8 Å². The molecule has 94 valence electrons. The number of carbonyl (C=O) groups excluding carboxylic acids is 1. The molecule has 1 aromatic rings. The van der Waals surface area contributed by atoms with Crippen LogP contribution in [0, 0.1) is 17.7 Å². The van der Waals surface area contributed by atoms with Crippen LogP contribution in [0.5, 0.6) is 0 Å². The number of carboxylic acids is 1. The number of hydrogen-bond acceptors (Lipinski definition) is 4. The predicted molar refractivity (Wildman–Crippen MR) is 65.8 cm³/mol. The van der Waals surface area contributed by atoms with Gasteiger partial charge in [-0.3, -0.25) is 4.79 Å². The van der Waals surface area contributed by atoms with Gasteiger partial charge in [-0.1, -0.05) is 17.7 Å². The number of carboxylic acid groups (broad SMARTS) is 1. The van der Waals surface area contributed by atoms with Crippen molar-refractivity contribution in [1.29, 1.82) is 0 Å². The van der Waals surface area contributed by atoms with Crippen LogP contribution in [0.4, 0.5) is 4.39 Å². The average Bonchev–Trinajstić information content (AvgIpc) is 2.30. The van der Waals surface area contributed by atoms with E-state index in [0.717, 1.165) is 24.0 Å². The highest BCUT2D eigenvalue weighted by Crippen LogP contribution is 2.07. The van der Waals surface area contributed by atoms with Gasteiger partial charge < -0.3 is 5.11 Å². The van der Waals surface area contributed by atoms with E-state index in [1.807, 2.05) is 0 Å². The molecule has 18 heavy (non-hydrogen) atoms. The van der Waals surface area contributed by atoms with Crippen molar-refractivity contribution in [3.05, 3.63) is 29.3 Å². The first-order valence-electron chi connectivity index (χ1n) is 5.02. The number of hydrogen-bond donors (Lipinski definition) is 1. The van der Waals surface area contributed by atoms with Gasteiger partial charge in [-0.05, 0) is 12.0 Å². The van der Waals surface area contributed by atoms with Crippen molar-refractivity contribution in [3.63, 3.8) is 0 Å². The molecule has 1 rings (SSSR count). The molecule has 1 heterocycles. The maximum Gasteiger partial charge on any atom is 0.338 e. The minimum absolute atomic E-state index is 0.0184. The number of halogens is 1. The highest BCUT2D eigenvalue weighted by atomic mass is 32.2. The Bertz CT molecular complexity index is 534. The Morgan fingerprint density at radius 2 is 2.28 bits per heavy atom. The highest BCUT2D eigenvalue weighted by Gasteiger charge is 2.10. The molecule has 0 saturated carbocycles. The topological polar surface area (TPSA) is 67.3 Å². The van der Waals surface area contributed by atoms with Crippen molar-refractivity contribution in [1.82, 2.24) is 4.98 Å². The van der Waals surface area contributed by atoms with Crippen LogP contribution in [0.1, 0.15) is 29.4 Å². The average molecular weight is 267 g/mol. The van der Waals surface area contributed by atoms with Gasteiger partial charge in [0.25, 0.3) is 0 Å². The number of pyridine rings is 1. The van der Waals surface area contributed by atoms with Crippen molar-refractivity contribution >= 4 is 22.8 Å². The van der Waals surface area contributed by atoms with E-state index in [9.17, 15) is 14.0 Å². The molecule has 0 atom stereocenters. The second-order valence-corrected chi connectivity index (χ2v) is 4.52. The zero-order valence-corrected chi connectivity index (χ0v) is 10.4. The molecule has 1 aromatic heterocycles. The van der Waals surface area contributed by atoms with E-state index >= 15 is 0 Å². The zero-order valence-electron chi connectivity index (χ0n) is 9.57. The van der Waals surface area contributed by atoms with Crippen LogP contribution >= 0.6 is 11.8 Å². The maximum absolute atomic E-state index is 13.0. The van der Waals surface area contributed by atoms with E-state index in [0.29, 0.717) is 12.2 Å². The molecule has 6 heteroatoms. The third-order valence-electron chi connectivity index (χ3n) is 1.83. The van der Waals surface area contributed by atoms with Crippen LogP contribution in [0.3, 0.4) is 0 Å². The van der Waals surface area contributed by atoms with Gasteiger partial charge in [0, 0.05) is 19.1 Å². The third-order valence-corrected chi connectivity index (χ3v) is 2.65. The number of thioether (sulfide) groups is 1. The number of aromatic carboxylic acids is 1. The molecule has 0 bridgehead atoms. The first-order chi connectivity index (χ1) is 8.50. The largest absolute Gasteiger partial charge is 0.478 e. The summed E-state index contributed by atoms with van der Waals surface area (Å²) in [7, 11) is 0. The molecule has 0 fully saturated rings. The third kappa shape index (κ3) is 4.55. The van der Waals surface area contributed by atoms with Crippen molar-refractivity contribution in [2.75, 3.05) is 5.75 Å². The fourth-order valence-electron chi connectivity index (χ4n) is 1.07. The molecule has 0 radical (unpaired) electrons. The lowest BCUT2D eigenvalue weighted by molar-refractivity contribution is -0.109. The lowest BCUT2D eigenvalue weighted by atomic mass is 10.2. The first kappa shape index (κ1) is 14.2. The molecule has 0 aliphatic heterocycles. The Kier molecular flexibility index (Phi) is 5.33. The van der Waals surface area contributed by atoms with Gasteiger partial charge in [0.05, 0.1) is 11.8 Å². The summed E-state index contributed by atoms with van der Waals surface area (Å²) >= 11 is 1.16. The number of nitrogens with zero attached hydrogens (tertiary/aromatic N) is 1. The van der Waals surface area contributed by atoms with E-state index in [-0.39, 0.29) is 10.8 Å². The summed E-state index contributed by atoms with van der Waals surface area (Å²) in [6.07, 6.45) is 1.31. The lowest BCUT2D eigenvalue weighted by Crippen LogP contribution is -2.02. The Hall–Kier alpha value is -1.87. The molecule has 0 aliphatic carbocycles. The maximum atomic E-state index is 13.0. The minimum atomic E-state index is -1.36. The molecule has 0 spiro atoms. The SMILES string of the molecule is CC(=O)SCCC#Cc1cc(C(=O)O)c(F)cn1. The highest BCUT2D eigenvalue weighted by molar-refractivity contribution is 8.13. The smallest absolute Gasteiger partial charge is 0.338 e. The summed E-state index contributed by atoms with van der Waals surface area (Å²) in [4.78, 5) is 25.0. The van der Waals surface area contributed by atoms with Crippen LogP contribution in [0.15, 0.2) is 12.3 Å². The fourth-order valence-corrected chi connectivity index (χ4v) is 1.56. The van der Waals surface area contributed by atoms with E-state index in [2.05, 4.69) is 16.8 Å². The van der Waals surface area contributed by atoms with Crippen LogP contribution in [0.2, 0.25) is 0 Å². The van der Waals surface area contributed by atoms with Gasteiger partial charge >= 0.3 is 5.97 Å². The summed E-state index contributed by atoms with van der Waals surface area (Å²) in [6, 6.07) is 1.09. The van der Waals surface area contributed by atoms with E-state index in [1.165, 1.54) is 6.92 Å². The summed E-state index contributed by atoms with van der Waals surface area (Å²) in [5.41, 5.74) is -0.256. The quantitative estimate of drug-likeness (QED) is 0.669. The molecular formula is C12H10FNO3S. The monoisotopic (exact) mass is 267 g/mol. The fraction of sp³-hybridized carbons (Fsp3) is 0.250. The van der Waals surface area contributed by atoms with Gasteiger partial charge in [-0.2, -0.15) is 0 Å².